The van der Waals surface area contributed by atoms with Gasteiger partial charge in [-0.05, 0) is 12.5 Å². The van der Waals surface area contributed by atoms with Crippen LogP contribution in [0.1, 0.15) is 19.8 Å². The van der Waals surface area contributed by atoms with Gasteiger partial charge >= 0.3 is 6.18 Å². The maximum Gasteiger partial charge on any atom is 0.412 e. The molecule has 96 valence electrons. The molecule has 0 radical (unpaired) electrons. The van der Waals surface area contributed by atoms with Gasteiger partial charge in [-0.1, -0.05) is 0 Å². The average molecular weight is 250 g/mol. The zero-order chi connectivity index (χ0) is 13.1. The molecule has 0 bridgehead atoms. The third-order valence-corrected chi connectivity index (χ3v) is 2.28. The number of amides is 2. The number of hydrogen-bond acceptors (Lipinski definition) is 2. The van der Waals surface area contributed by atoms with Gasteiger partial charge in [0.25, 0.3) is 0 Å². The first-order valence-electron chi connectivity index (χ1n) is 5.12. The fraction of sp³-hybridized carbons (Fsp3) is 0.600. The van der Waals surface area contributed by atoms with Gasteiger partial charge in [-0.25, -0.2) is 0 Å². The third-order valence-electron chi connectivity index (χ3n) is 2.28. The lowest BCUT2D eigenvalue weighted by molar-refractivity contribution is -0.151. The van der Waals surface area contributed by atoms with Crippen molar-refractivity contribution in [1.29, 1.82) is 0 Å². The molecule has 0 aliphatic carbocycles. The Hall–Kier alpha value is -1.53. The lowest BCUT2D eigenvalue weighted by Gasteiger charge is -2.18. The molecule has 0 aromatic rings. The first-order chi connectivity index (χ1) is 7.80. The van der Waals surface area contributed by atoms with Gasteiger partial charge in [0.1, 0.15) is 6.04 Å². The highest BCUT2D eigenvalue weighted by Gasteiger charge is 2.38. The Labute approximate surface area is 96.5 Å². The second kappa shape index (κ2) is 5.20. The molecule has 7 heteroatoms. The molecular weight excluding hydrogens is 237 g/mol. The molecule has 1 unspecified atom stereocenters. The quantitative estimate of drug-likeness (QED) is 0.818. The van der Waals surface area contributed by atoms with Gasteiger partial charge in [-0.3, -0.25) is 9.59 Å². The van der Waals surface area contributed by atoms with Gasteiger partial charge in [0.2, 0.25) is 11.8 Å². The van der Waals surface area contributed by atoms with Crippen molar-refractivity contribution in [3.63, 3.8) is 0 Å². The molecular formula is C10H13F3N2O2. The Balaban J connectivity index is 2.68. The van der Waals surface area contributed by atoms with E-state index in [-0.39, 0.29) is 5.91 Å². The predicted octanol–water partition coefficient (Wildman–Crippen LogP) is 1.19. The standard InChI is InChI=1S/C10H13F3N2O2/c1-7(16)14-8(10(11,12)13)4-6-15-5-2-3-9(15)17/h4,6,8H,2-3,5H2,1H3,(H,14,16)/b6-4+. The largest absolute Gasteiger partial charge is 0.412 e. The molecule has 17 heavy (non-hydrogen) atoms. The number of halogens is 3. The van der Waals surface area contributed by atoms with Crippen molar-refractivity contribution in [2.75, 3.05) is 6.54 Å². The molecule has 0 saturated carbocycles. The van der Waals surface area contributed by atoms with Crippen molar-refractivity contribution in [3.8, 4) is 0 Å². The van der Waals surface area contributed by atoms with Gasteiger partial charge < -0.3 is 10.2 Å². The average Bonchev–Trinajstić information content (AvgIpc) is 2.56. The van der Waals surface area contributed by atoms with Crippen LogP contribution in [0.4, 0.5) is 13.2 Å². The number of likely N-dealkylation sites (tertiary alicyclic amines) is 1. The van der Waals surface area contributed by atoms with Crippen LogP contribution in [0.2, 0.25) is 0 Å². The zero-order valence-electron chi connectivity index (χ0n) is 9.25. The first-order valence-corrected chi connectivity index (χ1v) is 5.12. The summed E-state index contributed by atoms with van der Waals surface area (Å²) in [6, 6.07) is -2.06. The van der Waals surface area contributed by atoms with E-state index in [1.54, 1.807) is 5.32 Å². The van der Waals surface area contributed by atoms with Crippen LogP contribution in [0.5, 0.6) is 0 Å². The van der Waals surface area contributed by atoms with E-state index in [1.807, 2.05) is 0 Å². The summed E-state index contributed by atoms with van der Waals surface area (Å²) in [5.74, 6) is -0.977. The van der Waals surface area contributed by atoms with Crippen molar-refractivity contribution >= 4 is 11.8 Å². The summed E-state index contributed by atoms with van der Waals surface area (Å²) < 4.78 is 37.4. The van der Waals surface area contributed by atoms with E-state index in [1.165, 1.54) is 4.90 Å². The molecule has 1 fully saturated rings. The Morgan fingerprint density at radius 2 is 2.18 bits per heavy atom. The minimum atomic E-state index is -4.56. The topological polar surface area (TPSA) is 49.4 Å². The summed E-state index contributed by atoms with van der Waals surface area (Å²) >= 11 is 0. The van der Waals surface area contributed by atoms with Crippen molar-refractivity contribution in [1.82, 2.24) is 10.2 Å². The summed E-state index contributed by atoms with van der Waals surface area (Å²) in [6.45, 7) is 1.42. The maximum absolute atomic E-state index is 12.5. The van der Waals surface area contributed by atoms with Crippen LogP contribution < -0.4 is 5.32 Å². The molecule has 0 spiro atoms. The highest BCUT2D eigenvalue weighted by Crippen LogP contribution is 2.21. The van der Waals surface area contributed by atoms with Crippen molar-refractivity contribution in [2.24, 2.45) is 0 Å². The number of alkyl halides is 3. The fourth-order valence-electron chi connectivity index (χ4n) is 1.47. The summed E-state index contributed by atoms with van der Waals surface area (Å²) in [4.78, 5) is 23.0. The highest BCUT2D eigenvalue weighted by atomic mass is 19.4. The SMILES string of the molecule is CC(=O)NC(/C=C/N1CCCC1=O)C(F)(F)F. The number of nitrogens with one attached hydrogen (secondary N) is 1. The number of carbonyl (C=O) groups excluding carboxylic acids is 2. The van der Waals surface area contributed by atoms with E-state index >= 15 is 0 Å². The lowest BCUT2D eigenvalue weighted by atomic mass is 10.2. The molecule has 1 rings (SSSR count). The second-order valence-corrected chi connectivity index (χ2v) is 3.75. The Morgan fingerprint density at radius 1 is 1.53 bits per heavy atom. The Kier molecular flexibility index (Phi) is 4.14. The molecule has 1 atom stereocenters. The maximum atomic E-state index is 12.5. The van der Waals surface area contributed by atoms with Crippen LogP contribution in [0.25, 0.3) is 0 Å². The van der Waals surface area contributed by atoms with Crippen LogP contribution in [0, 0.1) is 0 Å². The van der Waals surface area contributed by atoms with Crippen molar-refractivity contribution in [3.05, 3.63) is 12.3 Å². The Bertz CT molecular complexity index is 339. The number of carbonyl (C=O) groups is 2. The van der Waals surface area contributed by atoms with Gasteiger partial charge in [-0.2, -0.15) is 13.2 Å². The molecule has 1 heterocycles. The molecule has 1 N–H and O–H groups in total. The number of hydrogen-bond donors (Lipinski definition) is 1. The molecule has 4 nitrogen and oxygen atoms in total. The van der Waals surface area contributed by atoms with Crippen LogP contribution >= 0.6 is 0 Å². The Morgan fingerprint density at radius 3 is 2.59 bits per heavy atom. The molecule has 2 amide bonds. The number of nitrogens with zero attached hydrogens (tertiary/aromatic N) is 1. The molecule has 0 aromatic carbocycles. The van der Waals surface area contributed by atoms with Gasteiger partial charge in [-0.15, -0.1) is 0 Å². The lowest BCUT2D eigenvalue weighted by Crippen LogP contribution is -2.43. The number of rotatable bonds is 3. The molecule has 0 aromatic heterocycles. The predicted molar refractivity (Wildman–Crippen MR) is 53.7 cm³/mol. The molecule has 1 aliphatic heterocycles. The van der Waals surface area contributed by atoms with E-state index in [0.29, 0.717) is 19.4 Å². The van der Waals surface area contributed by atoms with E-state index in [9.17, 15) is 22.8 Å². The van der Waals surface area contributed by atoms with Crippen LogP contribution in [-0.4, -0.2) is 35.5 Å². The van der Waals surface area contributed by atoms with Gasteiger partial charge in [0.15, 0.2) is 0 Å². The molecule has 1 saturated heterocycles. The summed E-state index contributed by atoms with van der Waals surface area (Å²) in [6.07, 6.45) is -1.71. The highest BCUT2D eigenvalue weighted by molar-refractivity contribution is 5.79. The van der Waals surface area contributed by atoms with Gasteiger partial charge in [0.05, 0.1) is 0 Å². The summed E-state index contributed by atoms with van der Waals surface area (Å²) in [7, 11) is 0. The third kappa shape index (κ3) is 4.08. The van der Waals surface area contributed by atoms with Crippen molar-refractivity contribution < 1.29 is 22.8 Å². The van der Waals surface area contributed by atoms with Crippen LogP contribution in [0.15, 0.2) is 12.3 Å². The van der Waals surface area contributed by atoms with Crippen LogP contribution in [-0.2, 0) is 9.59 Å². The summed E-state index contributed by atoms with van der Waals surface area (Å²) in [5, 5.41) is 1.77. The smallest absolute Gasteiger partial charge is 0.342 e. The van der Waals surface area contributed by atoms with E-state index in [2.05, 4.69) is 0 Å². The minimum Gasteiger partial charge on any atom is -0.342 e. The van der Waals surface area contributed by atoms with E-state index < -0.39 is 18.1 Å². The minimum absolute atomic E-state index is 0.204. The van der Waals surface area contributed by atoms with Crippen molar-refractivity contribution in [2.45, 2.75) is 32.0 Å². The molecule has 1 aliphatic rings. The summed E-state index contributed by atoms with van der Waals surface area (Å²) in [5.41, 5.74) is 0. The normalized spacial score (nSPS) is 18.8. The van der Waals surface area contributed by atoms with E-state index in [0.717, 1.165) is 19.2 Å². The van der Waals surface area contributed by atoms with E-state index in [4.69, 9.17) is 0 Å². The van der Waals surface area contributed by atoms with Crippen LogP contribution in [0.3, 0.4) is 0 Å². The monoisotopic (exact) mass is 250 g/mol. The first kappa shape index (κ1) is 13.5. The zero-order valence-corrected chi connectivity index (χ0v) is 9.25. The fourth-order valence-corrected chi connectivity index (χ4v) is 1.47. The second-order valence-electron chi connectivity index (χ2n) is 3.75. The van der Waals surface area contributed by atoms with Gasteiger partial charge in [0, 0.05) is 26.1 Å².